The Bertz CT molecular complexity index is 240. The van der Waals surface area contributed by atoms with Crippen LogP contribution < -0.4 is 0 Å². The van der Waals surface area contributed by atoms with Gasteiger partial charge in [-0.3, -0.25) is 9.59 Å². The Hall–Kier alpha value is -0.307. The minimum Gasteiger partial charge on any atom is -0.475 e. The minimum absolute atomic E-state index is 0. The zero-order chi connectivity index (χ0) is 10.6. The van der Waals surface area contributed by atoms with Crippen molar-refractivity contribution in [3.63, 3.8) is 0 Å². The molecule has 0 saturated heterocycles. The molecular formula is C9H14O4Zr. The van der Waals surface area contributed by atoms with Gasteiger partial charge in [-0.1, -0.05) is 20.8 Å². The molecule has 0 radical (unpaired) electrons. The Labute approximate surface area is 102 Å². The van der Waals surface area contributed by atoms with Gasteiger partial charge in [0.1, 0.15) is 5.78 Å². The molecule has 0 aromatic heterocycles. The molecule has 1 N–H and O–H groups in total. The molecule has 0 aliphatic heterocycles. The summed E-state index contributed by atoms with van der Waals surface area (Å²) >= 11 is 0. The molecule has 0 rings (SSSR count). The summed E-state index contributed by atoms with van der Waals surface area (Å²) in [5.41, 5.74) is -0.199. The van der Waals surface area contributed by atoms with E-state index in [0.717, 1.165) is 0 Å². The standard InChI is InChI=1S/C9H14O4.Zr/c1-9(2,3)5-6(10)4-7(11)8(12)13;/h4-5H2,1-3H3,(H,12,13);. The number of carbonyl (C=O) groups excluding carboxylic acids is 2. The summed E-state index contributed by atoms with van der Waals surface area (Å²) in [6.07, 6.45) is -0.265. The van der Waals surface area contributed by atoms with Gasteiger partial charge in [-0.2, -0.15) is 0 Å². The Morgan fingerprint density at radius 3 is 1.86 bits per heavy atom. The van der Waals surface area contributed by atoms with E-state index in [1.165, 1.54) is 0 Å². The summed E-state index contributed by atoms with van der Waals surface area (Å²) in [6, 6.07) is 0. The zero-order valence-corrected chi connectivity index (χ0v) is 11.0. The fourth-order valence-electron chi connectivity index (χ4n) is 0.909. The Morgan fingerprint density at radius 2 is 1.57 bits per heavy atom. The molecule has 78 valence electrons. The van der Waals surface area contributed by atoms with Crippen molar-refractivity contribution in [1.29, 1.82) is 0 Å². The number of carboxylic acid groups (broad SMARTS) is 1. The molecule has 0 atom stereocenters. The predicted octanol–water partition coefficient (Wildman–Crippen LogP) is 1.03. The summed E-state index contributed by atoms with van der Waals surface area (Å²) in [6.45, 7) is 5.57. The zero-order valence-electron chi connectivity index (χ0n) is 8.59. The number of ketones is 2. The van der Waals surface area contributed by atoms with Gasteiger partial charge in [0.05, 0.1) is 6.42 Å². The summed E-state index contributed by atoms with van der Waals surface area (Å²) in [7, 11) is 0. The third-order valence-electron chi connectivity index (χ3n) is 1.32. The Morgan fingerprint density at radius 1 is 1.14 bits per heavy atom. The average Bonchev–Trinajstić information content (AvgIpc) is 1.81. The van der Waals surface area contributed by atoms with Crippen molar-refractivity contribution in [2.45, 2.75) is 33.6 Å². The molecular weight excluding hydrogens is 263 g/mol. The van der Waals surface area contributed by atoms with Gasteiger partial charge in [0, 0.05) is 32.6 Å². The molecule has 0 unspecified atom stereocenters. The summed E-state index contributed by atoms with van der Waals surface area (Å²) < 4.78 is 0. The first kappa shape index (κ1) is 16.1. The molecule has 0 fully saturated rings. The molecule has 0 bridgehead atoms. The van der Waals surface area contributed by atoms with Crippen LogP contribution in [0.15, 0.2) is 0 Å². The van der Waals surface area contributed by atoms with E-state index in [9.17, 15) is 14.4 Å². The molecule has 5 heteroatoms. The third-order valence-corrected chi connectivity index (χ3v) is 1.32. The predicted molar refractivity (Wildman–Crippen MR) is 46.3 cm³/mol. The first-order chi connectivity index (χ1) is 5.72. The number of rotatable bonds is 4. The number of carboxylic acids is 1. The van der Waals surface area contributed by atoms with Crippen molar-refractivity contribution in [3.05, 3.63) is 0 Å². The van der Waals surface area contributed by atoms with E-state index in [1.54, 1.807) is 0 Å². The van der Waals surface area contributed by atoms with E-state index in [0.29, 0.717) is 0 Å². The second-order valence-corrected chi connectivity index (χ2v) is 4.18. The van der Waals surface area contributed by atoms with Crippen LogP contribution in [0.2, 0.25) is 0 Å². The van der Waals surface area contributed by atoms with Crippen LogP contribution in [0.1, 0.15) is 33.6 Å². The van der Waals surface area contributed by atoms with Gasteiger partial charge < -0.3 is 5.11 Å². The molecule has 0 aliphatic rings. The molecule has 0 aromatic rings. The summed E-state index contributed by atoms with van der Waals surface area (Å²) in [4.78, 5) is 31.8. The number of hydrogen-bond donors (Lipinski definition) is 1. The number of Topliss-reactive ketones (excluding diaryl/α,β-unsaturated/α-hetero) is 2. The van der Waals surface area contributed by atoms with Crippen molar-refractivity contribution < 1.29 is 45.7 Å². The van der Waals surface area contributed by atoms with Gasteiger partial charge in [-0.15, -0.1) is 0 Å². The Balaban J connectivity index is 0. The number of carbonyl (C=O) groups is 3. The fraction of sp³-hybridized carbons (Fsp3) is 0.667. The first-order valence-corrected chi connectivity index (χ1v) is 4.00. The third kappa shape index (κ3) is 8.30. The van der Waals surface area contributed by atoms with Crippen LogP contribution in [0.5, 0.6) is 0 Å². The van der Waals surface area contributed by atoms with Crippen molar-refractivity contribution in [3.8, 4) is 0 Å². The fourth-order valence-corrected chi connectivity index (χ4v) is 0.909. The first-order valence-electron chi connectivity index (χ1n) is 4.00. The maximum absolute atomic E-state index is 11.1. The summed E-state index contributed by atoms with van der Waals surface area (Å²) in [5, 5.41) is 8.23. The molecule has 0 amide bonds. The molecule has 14 heavy (non-hydrogen) atoms. The van der Waals surface area contributed by atoms with Crippen molar-refractivity contribution in [2.75, 3.05) is 0 Å². The van der Waals surface area contributed by atoms with Crippen molar-refractivity contribution >= 4 is 17.5 Å². The second-order valence-electron chi connectivity index (χ2n) is 4.18. The van der Waals surface area contributed by atoms with E-state index in [1.807, 2.05) is 20.8 Å². The smallest absolute Gasteiger partial charge is 0.372 e. The normalized spacial score (nSPS) is 10.2. The molecule has 4 nitrogen and oxygen atoms in total. The van der Waals surface area contributed by atoms with Gasteiger partial charge in [0.15, 0.2) is 0 Å². The quantitative estimate of drug-likeness (QED) is 0.615. The summed E-state index contributed by atoms with van der Waals surface area (Å²) in [5.74, 6) is -2.89. The minimum atomic E-state index is -1.54. The van der Waals surface area contributed by atoms with Gasteiger partial charge in [0.25, 0.3) is 0 Å². The van der Waals surface area contributed by atoms with Crippen LogP contribution in [0.3, 0.4) is 0 Å². The second kappa shape index (κ2) is 6.23. The van der Waals surface area contributed by atoms with Crippen LogP contribution in [0, 0.1) is 5.41 Å². The molecule has 0 spiro atoms. The molecule has 0 heterocycles. The van der Waals surface area contributed by atoms with Gasteiger partial charge >= 0.3 is 5.97 Å². The van der Waals surface area contributed by atoms with Crippen LogP contribution >= 0.6 is 0 Å². The van der Waals surface area contributed by atoms with Gasteiger partial charge in [-0.05, 0) is 5.41 Å². The van der Waals surface area contributed by atoms with Crippen molar-refractivity contribution in [1.82, 2.24) is 0 Å². The average molecular weight is 277 g/mol. The molecule has 0 aliphatic carbocycles. The molecule has 0 saturated carbocycles. The monoisotopic (exact) mass is 276 g/mol. The molecule has 0 aromatic carbocycles. The van der Waals surface area contributed by atoms with E-state index in [-0.39, 0.29) is 43.8 Å². The van der Waals surface area contributed by atoms with Crippen LogP contribution in [-0.2, 0) is 40.6 Å². The topological polar surface area (TPSA) is 71.4 Å². The van der Waals surface area contributed by atoms with Crippen molar-refractivity contribution in [2.24, 2.45) is 5.41 Å². The van der Waals surface area contributed by atoms with Crippen LogP contribution in [-0.4, -0.2) is 22.6 Å². The number of aliphatic carboxylic acids is 1. The number of hydrogen-bond acceptors (Lipinski definition) is 3. The SMILES string of the molecule is CC(C)(C)CC(=O)CC(=O)C(=O)O.[Zr]. The van der Waals surface area contributed by atoms with Crippen LogP contribution in [0.25, 0.3) is 0 Å². The van der Waals surface area contributed by atoms with Gasteiger partial charge in [-0.25, -0.2) is 4.79 Å². The van der Waals surface area contributed by atoms with E-state index >= 15 is 0 Å². The van der Waals surface area contributed by atoms with E-state index in [4.69, 9.17) is 5.11 Å². The maximum atomic E-state index is 11.1. The van der Waals surface area contributed by atoms with E-state index < -0.39 is 18.2 Å². The van der Waals surface area contributed by atoms with E-state index in [2.05, 4.69) is 0 Å². The maximum Gasteiger partial charge on any atom is 0.372 e. The Kier molecular flexibility index (Phi) is 7.18. The van der Waals surface area contributed by atoms with Gasteiger partial charge in [0.2, 0.25) is 5.78 Å². The van der Waals surface area contributed by atoms with Crippen LogP contribution in [0.4, 0.5) is 0 Å². The largest absolute Gasteiger partial charge is 0.475 e.